The van der Waals surface area contributed by atoms with E-state index in [-0.39, 0.29) is 17.7 Å². The van der Waals surface area contributed by atoms with Gasteiger partial charge in [0.05, 0.1) is 12.7 Å². The molecule has 0 aliphatic carbocycles. The van der Waals surface area contributed by atoms with Crippen LogP contribution in [-0.4, -0.2) is 30.4 Å². The van der Waals surface area contributed by atoms with E-state index in [1.165, 1.54) is 0 Å². The number of amides is 2. The summed E-state index contributed by atoms with van der Waals surface area (Å²) in [4.78, 5) is 26.8. The molecule has 2 aromatic carbocycles. The molecular formula is C25H26N2O4. The Balaban J connectivity index is 1.47. The van der Waals surface area contributed by atoms with Crippen molar-refractivity contribution < 1.29 is 18.7 Å². The molecule has 0 atom stereocenters. The largest absolute Gasteiger partial charge is 0.496 e. The molecular weight excluding hydrogens is 392 g/mol. The van der Waals surface area contributed by atoms with Gasteiger partial charge in [0, 0.05) is 42.2 Å². The standard InChI is InChI=1S/C25H26N2O4/c1-16(2)25(29)27-13-12-21-18(15-27)14-23(31-21)17-8-10-19(11-9-17)26-24(28)20-6-4-5-7-22(20)30-3/h4-11,14,16H,12-13,15H2,1-3H3,(H,26,28). The fraction of sp³-hybridized carbons (Fsp3) is 0.280. The van der Waals surface area contributed by atoms with Crippen LogP contribution >= 0.6 is 0 Å². The number of fused-ring (bicyclic) bond motifs is 1. The lowest BCUT2D eigenvalue weighted by Gasteiger charge is -2.27. The molecule has 0 saturated carbocycles. The highest BCUT2D eigenvalue weighted by molar-refractivity contribution is 6.06. The van der Waals surface area contributed by atoms with E-state index in [4.69, 9.17) is 9.15 Å². The monoisotopic (exact) mass is 418 g/mol. The molecule has 4 rings (SSSR count). The van der Waals surface area contributed by atoms with Crippen molar-refractivity contribution >= 4 is 17.5 Å². The lowest BCUT2D eigenvalue weighted by atomic mass is 10.1. The molecule has 2 heterocycles. The van der Waals surface area contributed by atoms with Crippen molar-refractivity contribution in [2.24, 2.45) is 5.92 Å². The van der Waals surface area contributed by atoms with Gasteiger partial charge in [-0.15, -0.1) is 0 Å². The predicted molar refractivity (Wildman–Crippen MR) is 119 cm³/mol. The first-order chi connectivity index (χ1) is 15.0. The second-order valence-electron chi connectivity index (χ2n) is 7.96. The minimum atomic E-state index is -0.228. The molecule has 0 unspecified atom stereocenters. The quantitative estimate of drug-likeness (QED) is 0.649. The Morgan fingerprint density at radius 2 is 1.84 bits per heavy atom. The Morgan fingerprint density at radius 3 is 2.55 bits per heavy atom. The van der Waals surface area contributed by atoms with Crippen molar-refractivity contribution in [1.82, 2.24) is 4.90 Å². The molecule has 160 valence electrons. The zero-order valence-corrected chi connectivity index (χ0v) is 18.0. The van der Waals surface area contributed by atoms with E-state index in [1.807, 2.05) is 55.1 Å². The van der Waals surface area contributed by atoms with E-state index in [0.29, 0.717) is 30.1 Å². The van der Waals surface area contributed by atoms with E-state index < -0.39 is 0 Å². The van der Waals surface area contributed by atoms with Gasteiger partial charge < -0.3 is 19.4 Å². The van der Waals surface area contributed by atoms with Crippen molar-refractivity contribution in [2.75, 3.05) is 19.0 Å². The van der Waals surface area contributed by atoms with Gasteiger partial charge in [-0.2, -0.15) is 0 Å². The molecule has 3 aromatic rings. The number of hydrogen-bond donors (Lipinski definition) is 1. The zero-order chi connectivity index (χ0) is 22.0. The molecule has 6 nitrogen and oxygen atoms in total. The van der Waals surface area contributed by atoms with Gasteiger partial charge in [-0.1, -0.05) is 26.0 Å². The molecule has 0 spiro atoms. The zero-order valence-electron chi connectivity index (χ0n) is 18.0. The van der Waals surface area contributed by atoms with Gasteiger partial charge in [0.1, 0.15) is 17.3 Å². The van der Waals surface area contributed by atoms with E-state index in [1.54, 1.807) is 25.3 Å². The highest BCUT2D eigenvalue weighted by Gasteiger charge is 2.25. The van der Waals surface area contributed by atoms with E-state index in [2.05, 4.69) is 5.32 Å². The lowest BCUT2D eigenvalue weighted by molar-refractivity contribution is -0.135. The fourth-order valence-electron chi connectivity index (χ4n) is 3.78. The van der Waals surface area contributed by atoms with Crippen LogP contribution in [0.2, 0.25) is 0 Å². The normalized spacial score (nSPS) is 13.1. The Labute approximate surface area is 181 Å². The number of hydrogen-bond acceptors (Lipinski definition) is 4. The van der Waals surface area contributed by atoms with Crippen LogP contribution in [0.25, 0.3) is 11.3 Å². The number of nitrogens with zero attached hydrogens (tertiary/aromatic N) is 1. The van der Waals surface area contributed by atoms with Crippen molar-refractivity contribution in [1.29, 1.82) is 0 Å². The van der Waals surface area contributed by atoms with Gasteiger partial charge in [0.25, 0.3) is 5.91 Å². The van der Waals surface area contributed by atoms with Gasteiger partial charge in [0.15, 0.2) is 0 Å². The topological polar surface area (TPSA) is 71.8 Å². The number of benzene rings is 2. The van der Waals surface area contributed by atoms with Crippen LogP contribution in [0, 0.1) is 5.92 Å². The molecule has 1 aliphatic heterocycles. The maximum absolute atomic E-state index is 12.6. The third kappa shape index (κ3) is 4.33. The van der Waals surface area contributed by atoms with Crippen LogP contribution in [0.15, 0.2) is 59.0 Å². The molecule has 1 aliphatic rings. The van der Waals surface area contributed by atoms with Crippen LogP contribution in [0.5, 0.6) is 5.75 Å². The summed E-state index contributed by atoms with van der Waals surface area (Å²) in [5.41, 5.74) is 3.15. The first kappa shape index (κ1) is 20.7. The summed E-state index contributed by atoms with van der Waals surface area (Å²) in [6.45, 7) is 5.12. The smallest absolute Gasteiger partial charge is 0.259 e. The number of rotatable bonds is 5. The molecule has 0 saturated heterocycles. The molecule has 0 fully saturated rings. The van der Waals surface area contributed by atoms with E-state index in [9.17, 15) is 9.59 Å². The molecule has 2 amide bonds. The SMILES string of the molecule is COc1ccccc1C(=O)Nc1ccc(-c2cc3c(o2)CCN(C(=O)C(C)C)C3)cc1. The summed E-state index contributed by atoms with van der Waals surface area (Å²) in [6.07, 6.45) is 0.723. The van der Waals surface area contributed by atoms with Crippen LogP contribution in [0.3, 0.4) is 0 Å². The molecule has 0 bridgehead atoms. The fourth-order valence-corrected chi connectivity index (χ4v) is 3.78. The molecule has 0 radical (unpaired) electrons. The first-order valence-electron chi connectivity index (χ1n) is 10.4. The Bertz CT molecular complexity index is 1100. The van der Waals surface area contributed by atoms with Gasteiger partial charge in [-0.3, -0.25) is 9.59 Å². The van der Waals surface area contributed by atoms with Crippen molar-refractivity contribution in [3.05, 3.63) is 71.5 Å². The average molecular weight is 418 g/mol. The third-order valence-electron chi connectivity index (χ3n) is 5.45. The molecule has 1 N–H and O–H groups in total. The number of carbonyl (C=O) groups is 2. The summed E-state index contributed by atoms with van der Waals surface area (Å²) in [7, 11) is 1.54. The second kappa shape index (κ2) is 8.68. The maximum Gasteiger partial charge on any atom is 0.259 e. The predicted octanol–water partition coefficient (Wildman–Crippen LogP) is 4.75. The Morgan fingerprint density at radius 1 is 1.10 bits per heavy atom. The Kier molecular flexibility index (Phi) is 5.80. The minimum absolute atomic E-state index is 0.00784. The molecule has 31 heavy (non-hydrogen) atoms. The van der Waals surface area contributed by atoms with Crippen LogP contribution in [0.4, 0.5) is 5.69 Å². The van der Waals surface area contributed by atoms with Crippen LogP contribution in [-0.2, 0) is 17.8 Å². The summed E-state index contributed by atoms with van der Waals surface area (Å²) in [5, 5.41) is 2.90. The number of para-hydroxylation sites is 1. The summed E-state index contributed by atoms with van der Waals surface area (Å²) in [6, 6.07) is 16.6. The molecule has 6 heteroatoms. The highest BCUT2D eigenvalue weighted by atomic mass is 16.5. The van der Waals surface area contributed by atoms with Crippen LogP contribution in [0.1, 0.15) is 35.5 Å². The second-order valence-corrected chi connectivity index (χ2v) is 7.96. The number of methoxy groups -OCH3 is 1. The van der Waals surface area contributed by atoms with Gasteiger partial charge in [-0.05, 0) is 42.5 Å². The number of nitrogens with one attached hydrogen (secondary N) is 1. The van der Waals surface area contributed by atoms with Gasteiger partial charge in [0.2, 0.25) is 5.91 Å². The maximum atomic E-state index is 12.6. The first-order valence-corrected chi connectivity index (χ1v) is 10.4. The van der Waals surface area contributed by atoms with E-state index in [0.717, 1.165) is 29.1 Å². The Hall–Kier alpha value is -3.54. The molecule has 1 aromatic heterocycles. The highest BCUT2D eigenvalue weighted by Crippen LogP contribution is 2.31. The number of carbonyl (C=O) groups excluding carboxylic acids is 2. The van der Waals surface area contributed by atoms with Crippen molar-refractivity contribution in [2.45, 2.75) is 26.8 Å². The van der Waals surface area contributed by atoms with E-state index >= 15 is 0 Å². The van der Waals surface area contributed by atoms with Crippen molar-refractivity contribution in [3.8, 4) is 17.1 Å². The minimum Gasteiger partial charge on any atom is -0.496 e. The van der Waals surface area contributed by atoms with Gasteiger partial charge >= 0.3 is 0 Å². The number of anilines is 1. The van der Waals surface area contributed by atoms with Gasteiger partial charge in [-0.25, -0.2) is 0 Å². The number of ether oxygens (including phenoxy) is 1. The summed E-state index contributed by atoms with van der Waals surface area (Å²) >= 11 is 0. The number of furan rings is 1. The van der Waals surface area contributed by atoms with Crippen LogP contribution < -0.4 is 10.1 Å². The average Bonchev–Trinajstić information content (AvgIpc) is 3.22. The lowest BCUT2D eigenvalue weighted by Crippen LogP contribution is -2.37. The summed E-state index contributed by atoms with van der Waals surface area (Å²) < 4.78 is 11.3. The van der Waals surface area contributed by atoms with Crippen molar-refractivity contribution in [3.63, 3.8) is 0 Å². The third-order valence-corrected chi connectivity index (χ3v) is 5.45. The summed E-state index contributed by atoms with van der Waals surface area (Å²) in [5.74, 6) is 2.18.